The standard InChI is InChI=1S/C20H16ClN3O4/c1-11-8-18(28-24-11)20(26)22-13-6-7-16-12(9-13)10-17(27-16)19(25)23-15-5-3-2-4-14(15)21/h2-7,9-10,18H,8H2,1H3,(H,22,26)(H,23,25). The third-order valence-corrected chi connectivity index (χ3v) is 4.57. The van der Waals surface area contributed by atoms with Crippen molar-refractivity contribution in [3.63, 3.8) is 0 Å². The van der Waals surface area contributed by atoms with Crippen LogP contribution in [0, 0.1) is 0 Å². The summed E-state index contributed by atoms with van der Waals surface area (Å²) >= 11 is 6.06. The van der Waals surface area contributed by atoms with Crippen molar-refractivity contribution in [3.05, 3.63) is 59.3 Å². The van der Waals surface area contributed by atoms with Gasteiger partial charge in [0.05, 0.1) is 16.4 Å². The van der Waals surface area contributed by atoms with E-state index >= 15 is 0 Å². The number of benzene rings is 2. The van der Waals surface area contributed by atoms with E-state index in [1.54, 1.807) is 55.5 Å². The fourth-order valence-corrected chi connectivity index (χ4v) is 3.02. The predicted molar refractivity (Wildman–Crippen MR) is 107 cm³/mol. The van der Waals surface area contributed by atoms with Crippen LogP contribution in [0.3, 0.4) is 0 Å². The molecule has 2 aromatic carbocycles. The largest absolute Gasteiger partial charge is 0.451 e. The first-order valence-electron chi connectivity index (χ1n) is 8.59. The van der Waals surface area contributed by atoms with Gasteiger partial charge in [-0.15, -0.1) is 0 Å². The molecule has 0 saturated carbocycles. The van der Waals surface area contributed by atoms with Gasteiger partial charge in [0.2, 0.25) is 6.10 Å². The summed E-state index contributed by atoms with van der Waals surface area (Å²) in [6.07, 6.45) is -0.163. The highest BCUT2D eigenvalue weighted by molar-refractivity contribution is 6.33. The SMILES string of the molecule is CC1=NOC(C(=O)Nc2ccc3oc(C(=O)Nc4ccccc4Cl)cc3c2)C1. The summed E-state index contributed by atoms with van der Waals surface area (Å²) in [6, 6.07) is 13.7. The number of amides is 2. The number of para-hydroxylation sites is 1. The summed E-state index contributed by atoms with van der Waals surface area (Å²) in [5, 5.41) is 10.4. The van der Waals surface area contributed by atoms with Crippen LogP contribution in [-0.4, -0.2) is 23.6 Å². The molecule has 1 atom stereocenters. The van der Waals surface area contributed by atoms with E-state index in [0.29, 0.717) is 33.8 Å². The smallest absolute Gasteiger partial charge is 0.291 e. The van der Waals surface area contributed by atoms with Crippen molar-refractivity contribution in [2.45, 2.75) is 19.4 Å². The molecule has 28 heavy (non-hydrogen) atoms. The van der Waals surface area contributed by atoms with Crippen LogP contribution in [0.2, 0.25) is 5.02 Å². The number of nitrogens with one attached hydrogen (secondary N) is 2. The van der Waals surface area contributed by atoms with Gasteiger partial charge in [0.15, 0.2) is 5.76 Å². The third-order valence-electron chi connectivity index (χ3n) is 4.24. The van der Waals surface area contributed by atoms with Crippen LogP contribution in [0.15, 0.2) is 58.1 Å². The van der Waals surface area contributed by atoms with Crippen molar-refractivity contribution in [2.24, 2.45) is 5.16 Å². The Bertz CT molecular complexity index is 1110. The second-order valence-electron chi connectivity index (χ2n) is 6.41. The van der Waals surface area contributed by atoms with Gasteiger partial charge in [-0.2, -0.15) is 0 Å². The summed E-state index contributed by atoms with van der Waals surface area (Å²) in [5.41, 5.74) is 2.37. The van der Waals surface area contributed by atoms with Crippen LogP contribution >= 0.6 is 11.6 Å². The third kappa shape index (κ3) is 3.70. The van der Waals surface area contributed by atoms with Crippen molar-refractivity contribution >= 4 is 51.5 Å². The maximum Gasteiger partial charge on any atom is 0.291 e. The number of halogens is 1. The van der Waals surface area contributed by atoms with Gasteiger partial charge < -0.3 is 19.9 Å². The molecule has 1 aromatic heterocycles. The van der Waals surface area contributed by atoms with Crippen LogP contribution in [-0.2, 0) is 9.63 Å². The molecule has 1 aliphatic rings. The number of rotatable bonds is 4. The number of hydrogen-bond acceptors (Lipinski definition) is 5. The number of carbonyl (C=O) groups excluding carboxylic acids is 2. The molecule has 3 aromatic rings. The minimum absolute atomic E-state index is 0.140. The minimum Gasteiger partial charge on any atom is -0.451 e. The number of anilines is 2. The molecule has 0 fully saturated rings. The van der Waals surface area contributed by atoms with Crippen LogP contribution in [0.4, 0.5) is 11.4 Å². The molecule has 1 unspecified atom stereocenters. The van der Waals surface area contributed by atoms with E-state index in [9.17, 15) is 9.59 Å². The van der Waals surface area contributed by atoms with E-state index in [-0.39, 0.29) is 11.7 Å². The first-order chi connectivity index (χ1) is 13.5. The van der Waals surface area contributed by atoms with Crippen molar-refractivity contribution in [3.8, 4) is 0 Å². The Morgan fingerprint density at radius 2 is 1.96 bits per heavy atom. The maximum atomic E-state index is 12.4. The van der Waals surface area contributed by atoms with E-state index in [0.717, 1.165) is 5.71 Å². The van der Waals surface area contributed by atoms with E-state index in [1.165, 1.54) is 0 Å². The summed E-state index contributed by atoms with van der Waals surface area (Å²) in [5.74, 6) is -0.552. The molecule has 0 spiro atoms. The average molecular weight is 398 g/mol. The Balaban J connectivity index is 1.49. The molecule has 2 heterocycles. The molecule has 8 heteroatoms. The van der Waals surface area contributed by atoms with Gasteiger partial charge in [-0.3, -0.25) is 9.59 Å². The minimum atomic E-state index is -0.628. The fraction of sp³-hybridized carbons (Fsp3) is 0.150. The Kier molecular flexibility index (Phi) is 4.75. The number of carbonyl (C=O) groups is 2. The van der Waals surface area contributed by atoms with Crippen LogP contribution < -0.4 is 10.6 Å². The number of hydrogen-bond donors (Lipinski definition) is 2. The molecule has 2 amide bonds. The summed E-state index contributed by atoms with van der Waals surface area (Å²) in [4.78, 5) is 29.8. The van der Waals surface area contributed by atoms with Crippen molar-refractivity contribution < 1.29 is 18.8 Å². The monoisotopic (exact) mass is 397 g/mol. The van der Waals surface area contributed by atoms with Gasteiger partial charge in [0.1, 0.15) is 5.58 Å². The first-order valence-corrected chi connectivity index (χ1v) is 8.97. The van der Waals surface area contributed by atoms with E-state index in [4.69, 9.17) is 20.9 Å². The molecule has 1 aliphatic heterocycles. The highest BCUT2D eigenvalue weighted by Gasteiger charge is 2.26. The topological polar surface area (TPSA) is 92.9 Å². The van der Waals surface area contributed by atoms with Crippen molar-refractivity contribution in [1.82, 2.24) is 0 Å². The summed E-state index contributed by atoms with van der Waals surface area (Å²) in [7, 11) is 0. The zero-order chi connectivity index (χ0) is 19.7. The highest BCUT2D eigenvalue weighted by atomic mass is 35.5. The maximum absolute atomic E-state index is 12.4. The van der Waals surface area contributed by atoms with Crippen LogP contribution in [0.5, 0.6) is 0 Å². The second kappa shape index (κ2) is 7.36. The lowest BCUT2D eigenvalue weighted by atomic mass is 10.1. The average Bonchev–Trinajstić information content (AvgIpc) is 3.29. The summed E-state index contributed by atoms with van der Waals surface area (Å²) < 4.78 is 5.60. The number of oxime groups is 1. The van der Waals surface area contributed by atoms with Crippen LogP contribution in [0.1, 0.15) is 23.9 Å². The van der Waals surface area contributed by atoms with Gasteiger partial charge >= 0.3 is 0 Å². The fourth-order valence-electron chi connectivity index (χ4n) is 2.84. The molecule has 0 aliphatic carbocycles. The molecule has 2 N–H and O–H groups in total. The van der Waals surface area contributed by atoms with E-state index in [1.807, 2.05) is 0 Å². The molecule has 0 saturated heterocycles. The predicted octanol–water partition coefficient (Wildman–Crippen LogP) is 4.44. The molecule has 142 valence electrons. The van der Waals surface area contributed by atoms with Gasteiger partial charge in [-0.1, -0.05) is 28.9 Å². The zero-order valence-corrected chi connectivity index (χ0v) is 15.6. The van der Waals surface area contributed by atoms with Gasteiger partial charge in [0.25, 0.3) is 11.8 Å². The lowest BCUT2D eigenvalue weighted by molar-refractivity contribution is -0.125. The Morgan fingerprint density at radius 3 is 2.71 bits per heavy atom. The summed E-state index contributed by atoms with van der Waals surface area (Å²) in [6.45, 7) is 1.81. The van der Waals surface area contributed by atoms with Gasteiger partial charge in [0, 0.05) is 17.5 Å². The molecular formula is C20H16ClN3O4. The molecule has 0 radical (unpaired) electrons. The zero-order valence-electron chi connectivity index (χ0n) is 14.9. The number of fused-ring (bicyclic) bond motifs is 1. The molecule has 7 nitrogen and oxygen atoms in total. The van der Waals surface area contributed by atoms with Crippen LogP contribution in [0.25, 0.3) is 11.0 Å². The number of nitrogens with zero attached hydrogens (tertiary/aromatic N) is 1. The first kappa shape index (κ1) is 18.1. The van der Waals surface area contributed by atoms with E-state index < -0.39 is 12.0 Å². The number of furan rings is 1. The Hall–Kier alpha value is -3.32. The van der Waals surface area contributed by atoms with Gasteiger partial charge in [-0.05, 0) is 43.3 Å². The lowest BCUT2D eigenvalue weighted by Crippen LogP contribution is -2.27. The van der Waals surface area contributed by atoms with Crippen molar-refractivity contribution in [2.75, 3.05) is 10.6 Å². The normalized spacial score (nSPS) is 15.8. The highest BCUT2D eigenvalue weighted by Crippen LogP contribution is 2.26. The Morgan fingerprint density at radius 1 is 1.14 bits per heavy atom. The van der Waals surface area contributed by atoms with E-state index in [2.05, 4.69) is 15.8 Å². The quantitative estimate of drug-likeness (QED) is 0.680. The lowest BCUT2D eigenvalue weighted by Gasteiger charge is -2.09. The molecule has 4 rings (SSSR count). The molecular weight excluding hydrogens is 382 g/mol. The second-order valence-corrected chi connectivity index (χ2v) is 6.82. The van der Waals surface area contributed by atoms with Gasteiger partial charge in [-0.25, -0.2) is 0 Å². The Labute approximate surface area is 165 Å². The van der Waals surface area contributed by atoms with Crippen molar-refractivity contribution in [1.29, 1.82) is 0 Å². The molecule has 0 bridgehead atoms.